The molecule has 0 aliphatic heterocycles. The van der Waals surface area contributed by atoms with Crippen LogP contribution in [0.1, 0.15) is 36.6 Å². The van der Waals surface area contributed by atoms with Crippen LogP contribution in [0.3, 0.4) is 0 Å². The molecule has 0 unspecified atom stereocenters. The number of benzene rings is 1. The summed E-state index contributed by atoms with van der Waals surface area (Å²) in [5.74, 6) is 0. The van der Waals surface area contributed by atoms with Gasteiger partial charge in [0.25, 0.3) is 0 Å². The van der Waals surface area contributed by atoms with Gasteiger partial charge in [0.2, 0.25) is 0 Å². The van der Waals surface area contributed by atoms with E-state index in [1.165, 1.54) is 20.5 Å². The van der Waals surface area contributed by atoms with Gasteiger partial charge >= 0.3 is 71.6 Å². The fraction of sp³-hybridized carbons (Fsp3) is 0.438. The summed E-state index contributed by atoms with van der Waals surface area (Å²) < 4.78 is 7.75. The number of aromatic nitrogens is 2. The molecular formula is C16H23I2N3Pt. The van der Waals surface area contributed by atoms with Crippen molar-refractivity contribution in [2.24, 2.45) is 7.05 Å². The molecule has 22 heavy (non-hydrogen) atoms. The SMILES string of the molecule is CC(C)n1ccn(C)[c]1=[Pt].Cc1ccc(CN(I)I)cc1C. The van der Waals surface area contributed by atoms with Crippen molar-refractivity contribution in [2.45, 2.75) is 40.3 Å². The first-order valence-electron chi connectivity index (χ1n) is 7.06. The van der Waals surface area contributed by atoms with Gasteiger partial charge in [0.15, 0.2) is 0 Å². The molecule has 0 fully saturated rings. The van der Waals surface area contributed by atoms with Crippen LogP contribution >= 0.6 is 45.7 Å². The van der Waals surface area contributed by atoms with Gasteiger partial charge in [0, 0.05) is 52.3 Å². The molecule has 0 aliphatic rings. The van der Waals surface area contributed by atoms with Crippen LogP contribution in [-0.2, 0) is 32.9 Å². The number of hydrogen-bond acceptors (Lipinski definition) is 1. The molecular weight excluding hydrogens is 683 g/mol. The Kier molecular flexibility index (Phi) is 9.11. The molecule has 0 radical (unpaired) electrons. The third-order valence-electron chi connectivity index (χ3n) is 3.35. The van der Waals surface area contributed by atoms with E-state index >= 15 is 0 Å². The van der Waals surface area contributed by atoms with Crippen LogP contribution in [0, 0.1) is 17.7 Å². The van der Waals surface area contributed by atoms with Crippen molar-refractivity contribution < 1.29 is 19.4 Å². The van der Waals surface area contributed by atoms with Gasteiger partial charge in [-0.2, -0.15) is 1.33 Å². The molecule has 1 aromatic carbocycles. The molecule has 126 valence electrons. The van der Waals surface area contributed by atoms with Crippen molar-refractivity contribution in [3.63, 3.8) is 0 Å². The Balaban J connectivity index is 0.000000224. The zero-order valence-corrected chi connectivity index (χ0v) is 20.2. The maximum Gasteiger partial charge on any atom is 0.0436 e. The summed E-state index contributed by atoms with van der Waals surface area (Å²) in [6, 6.07) is 7.18. The molecule has 2 aromatic rings. The van der Waals surface area contributed by atoms with Crippen LogP contribution in [0.2, 0.25) is 0 Å². The fourth-order valence-corrected chi connectivity index (χ4v) is 3.59. The zero-order chi connectivity index (χ0) is 16.9. The monoisotopic (exact) mass is 706 g/mol. The predicted molar refractivity (Wildman–Crippen MR) is 107 cm³/mol. The van der Waals surface area contributed by atoms with Crippen LogP contribution in [0.25, 0.3) is 0 Å². The second-order valence-electron chi connectivity index (χ2n) is 5.53. The van der Waals surface area contributed by atoms with Gasteiger partial charge in [-0.15, -0.1) is 0 Å². The minimum atomic E-state index is 0.564. The number of rotatable bonds is 3. The average molecular weight is 706 g/mol. The van der Waals surface area contributed by atoms with E-state index in [-0.39, 0.29) is 0 Å². The maximum absolute atomic E-state index is 2.33. The number of imidazole rings is 1. The van der Waals surface area contributed by atoms with Gasteiger partial charge in [-0.1, -0.05) is 18.2 Å². The van der Waals surface area contributed by atoms with Gasteiger partial charge in [-0.3, -0.25) is 0 Å². The van der Waals surface area contributed by atoms with Crippen LogP contribution < -0.4 is 0 Å². The molecule has 0 amide bonds. The van der Waals surface area contributed by atoms with Crippen LogP contribution in [0.4, 0.5) is 0 Å². The third-order valence-corrected chi connectivity index (χ3v) is 5.42. The Labute approximate surface area is 172 Å². The second-order valence-corrected chi connectivity index (χ2v) is 10.7. The summed E-state index contributed by atoms with van der Waals surface area (Å²) in [5, 5.41) is 0. The Morgan fingerprint density at radius 3 is 2.14 bits per heavy atom. The number of hydrogen-bond donors (Lipinski definition) is 0. The van der Waals surface area contributed by atoms with E-state index in [4.69, 9.17) is 0 Å². The van der Waals surface area contributed by atoms with E-state index in [9.17, 15) is 0 Å². The molecule has 0 aliphatic carbocycles. The van der Waals surface area contributed by atoms with Gasteiger partial charge in [-0.05, 0) is 30.5 Å². The molecule has 0 bridgehead atoms. The van der Waals surface area contributed by atoms with Crippen molar-refractivity contribution in [1.82, 2.24) is 10.5 Å². The number of aryl methyl sites for hydroxylation is 3. The standard InChI is InChI=1S/C9H11I2N.C7H12N2.Pt/c1-7-3-4-9(5-8(7)2)6-12(10)11;1-7(2)9-5-4-8(3)6-9;/h3-5H,6H2,1-2H3;4-5,7H,1-3H3;. The molecule has 1 aromatic heterocycles. The van der Waals surface area contributed by atoms with Crippen molar-refractivity contribution in [3.05, 3.63) is 51.1 Å². The summed E-state index contributed by atoms with van der Waals surface area (Å²) in [7, 11) is 2.06. The van der Waals surface area contributed by atoms with Gasteiger partial charge in [0.1, 0.15) is 0 Å². The number of halogens is 2. The Morgan fingerprint density at radius 1 is 1.14 bits per heavy atom. The normalized spacial score (nSPS) is 10.9. The smallest absolute Gasteiger partial charge is 0.0436 e. The summed E-state index contributed by atoms with van der Waals surface area (Å²) in [4.78, 5) is 0. The fourth-order valence-electron chi connectivity index (χ4n) is 1.88. The van der Waals surface area contributed by atoms with Crippen LogP contribution in [-0.4, -0.2) is 10.5 Å². The first-order chi connectivity index (χ1) is 10.2. The molecule has 2 rings (SSSR count). The molecule has 0 N–H and O–H groups in total. The van der Waals surface area contributed by atoms with Crippen LogP contribution in [0.15, 0.2) is 30.6 Å². The quantitative estimate of drug-likeness (QED) is 0.313. The van der Waals surface area contributed by atoms with Crippen molar-refractivity contribution in [1.29, 1.82) is 0 Å². The Morgan fingerprint density at radius 2 is 1.77 bits per heavy atom. The molecule has 3 nitrogen and oxygen atoms in total. The molecule has 1 heterocycles. The molecule has 0 saturated heterocycles. The molecule has 0 saturated carbocycles. The summed E-state index contributed by atoms with van der Waals surface area (Å²) >= 11 is 6.90. The molecule has 6 heteroatoms. The van der Waals surface area contributed by atoms with E-state index in [0.717, 1.165) is 6.54 Å². The zero-order valence-electron chi connectivity index (χ0n) is 13.6. The Hall–Kier alpha value is 0.538. The van der Waals surface area contributed by atoms with Crippen molar-refractivity contribution >= 4 is 45.7 Å². The minimum absolute atomic E-state index is 0.564. The van der Waals surface area contributed by atoms with Gasteiger partial charge in [0.05, 0.1) is 0 Å². The summed E-state index contributed by atoms with van der Waals surface area (Å²) in [6.45, 7) is 9.67. The summed E-state index contributed by atoms with van der Waals surface area (Å²) in [5.41, 5.74) is 4.12. The molecule has 0 spiro atoms. The largest absolute Gasteiger partial charge is 0.184 e. The first-order valence-corrected chi connectivity index (χ1v) is 10.1. The number of nitrogens with zero attached hydrogens (tertiary/aromatic N) is 3. The van der Waals surface area contributed by atoms with Gasteiger partial charge in [-0.25, -0.2) is 0 Å². The predicted octanol–water partition coefficient (Wildman–Crippen LogP) is 5.29. The van der Waals surface area contributed by atoms with E-state index in [2.05, 4.69) is 141 Å². The maximum atomic E-state index is 2.33. The van der Waals surface area contributed by atoms with E-state index in [1.807, 2.05) is 0 Å². The average Bonchev–Trinajstić information content (AvgIpc) is 2.75. The first kappa shape index (κ1) is 20.6. The van der Waals surface area contributed by atoms with E-state index in [1.54, 1.807) is 0 Å². The third kappa shape index (κ3) is 6.57. The Bertz CT molecular complexity index is 660. The van der Waals surface area contributed by atoms with Gasteiger partial charge < -0.3 is 0 Å². The topological polar surface area (TPSA) is 13.1 Å². The van der Waals surface area contributed by atoms with E-state index in [0.29, 0.717) is 6.04 Å². The van der Waals surface area contributed by atoms with Crippen molar-refractivity contribution in [3.8, 4) is 0 Å². The second kappa shape index (κ2) is 9.74. The van der Waals surface area contributed by atoms with E-state index < -0.39 is 0 Å². The van der Waals surface area contributed by atoms with Crippen molar-refractivity contribution in [2.75, 3.05) is 0 Å². The van der Waals surface area contributed by atoms with Crippen LogP contribution in [0.5, 0.6) is 0 Å². The minimum Gasteiger partial charge on any atom is -0.184 e. The molecule has 0 atom stereocenters. The summed E-state index contributed by atoms with van der Waals surface area (Å²) in [6.07, 6.45) is 4.18.